The normalized spacial score (nSPS) is 11.4. The Morgan fingerprint density at radius 3 is 2.24 bits per heavy atom. The van der Waals surface area contributed by atoms with Crippen molar-refractivity contribution in [1.29, 1.82) is 0 Å². The van der Waals surface area contributed by atoms with Gasteiger partial charge in [-0.15, -0.1) is 0 Å². The minimum absolute atomic E-state index is 0.741. The van der Waals surface area contributed by atoms with Crippen LogP contribution in [-0.4, -0.2) is 24.6 Å². The third-order valence-corrected chi connectivity index (χ3v) is 3.74. The summed E-state index contributed by atoms with van der Waals surface area (Å²) < 4.78 is 0. The lowest BCUT2D eigenvalue weighted by atomic mass is 10.1. The van der Waals surface area contributed by atoms with E-state index in [1.54, 1.807) is 0 Å². The molecule has 3 nitrogen and oxygen atoms in total. The first kappa shape index (κ1) is 18.0. The van der Waals surface area contributed by atoms with Gasteiger partial charge in [0, 0.05) is 43.3 Å². The molecule has 1 aromatic rings. The summed E-state index contributed by atoms with van der Waals surface area (Å²) in [5, 5.41) is 3.42. The van der Waals surface area contributed by atoms with E-state index in [0.29, 0.717) is 0 Å². The summed E-state index contributed by atoms with van der Waals surface area (Å²) in [6.45, 7) is 15.5. The van der Waals surface area contributed by atoms with Gasteiger partial charge in [-0.05, 0) is 37.3 Å². The van der Waals surface area contributed by atoms with Crippen molar-refractivity contribution in [2.45, 2.75) is 54.0 Å². The summed E-state index contributed by atoms with van der Waals surface area (Å²) in [6, 6.07) is 2.17. The fraction of sp³-hybridized carbons (Fsp3) is 0.722. The Kier molecular flexibility index (Phi) is 8.36. The maximum atomic E-state index is 4.30. The molecule has 0 fully saturated rings. The fourth-order valence-corrected chi connectivity index (χ4v) is 2.30. The molecule has 0 unspecified atom stereocenters. The van der Waals surface area contributed by atoms with E-state index < -0.39 is 0 Å². The number of rotatable bonds is 10. The van der Waals surface area contributed by atoms with Crippen molar-refractivity contribution in [3.8, 4) is 0 Å². The van der Waals surface area contributed by atoms with Crippen LogP contribution < -0.4 is 10.2 Å². The molecular formula is C18H33N3. The van der Waals surface area contributed by atoms with Crippen LogP contribution in [0.25, 0.3) is 0 Å². The molecule has 0 radical (unpaired) electrons. The van der Waals surface area contributed by atoms with E-state index in [-0.39, 0.29) is 0 Å². The van der Waals surface area contributed by atoms with Crippen LogP contribution in [0.1, 0.15) is 53.0 Å². The number of nitrogens with zero attached hydrogens (tertiary/aromatic N) is 2. The average molecular weight is 291 g/mol. The van der Waals surface area contributed by atoms with Crippen molar-refractivity contribution in [3.63, 3.8) is 0 Å². The largest absolute Gasteiger partial charge is 0.371 e. The van der Waals surface area contributed by atoms with Crippen molar-refractivity contribution in [2.75, 3.05) is 24.5 Å². The van der Waals surface area contributed by atoms with Gasteiger partial charge in [0.25, 0.3) is 0 Å². The predicted molar refractivity (Wildman–Crippen MR) is 92.7 cm³/mol. The van der Waals surface area contributed by atoms with E-state index in [9.17, 15) is 0 Å². The Morgan fingerprint density at radius 2 is 1.71 bits per heavy atom. The fourth-order valence-electron chi connectivity index (χ4n) is 2.30. The minimum atomic E-state index is 0.741. The highest BCUT2D eigenvalue weighted by Crippen LogP contribution is 2.21. The second kappa shape index (κ2) is 9.78. The zero-order chi connectivity index (χ0) is 15.7. The molecule has 3 heteroatoms. The van der Waals surface area contributed by atoms with Crippen molar-refractivity contribution < 1.29 is 0 Å². The summed E-state index contributed by atoms with van der Waals surface area (Å²) in [7, 11) is 0. The highest BCUT2D eigenvalue weighted by atomic mass is 15.1. The number of nitrogens with one attached hydrogen (secondary N) is 1. The second-order valence-electron chi connectivity index (χ2n) is 6.64. The molecule has 0 aliphatic heterocycles. The first-order chi connectivity index (χ1) is 10.0. The van der Waals surface area contributed by atoms with E-state index in [2.05, 4.69) is 55.9 Å². The Morgan fingerprint density at radius 1 is 1.10 bits per heavy atom. The van der Waals surface area contributed by atoms with Gasteiger partial charge < -0.3 is 10.2 Å². The summed E-state index contributed by atoms with van der Waals surface area (Å²) in [6.07, 6.45) is 6.40. The lowest BCUT2D eigenvalue weighted by Gasteiger charge is -2.28. The molecule has 1 rings (SSSR count). The first-order valence-corrected chi connectivity index (χ1v) is 8.43. The van der Waals surface area contributed by atoms with E-state index in [1.165, 1.54) is 24.1 Å². The SMILES string of the molecule is CCNCc1cnccc1N(CCC(C)C)CCC(C)C. The Hall–Kier alpha value is -1.09. The molecule has 1 heterocycles. The molecule has 0 spiro atoms. The van der Waals surface area contributed by atoms with Crippen LogP contribution in [0.15, 0.2) is 18.5 Å². The molecule has 0 saturated heterocycles. The van der Waals surface area contributed by atoms with Gasteiger partial charge >= 0.3 is 0 Å². The number of pyridine rings is 1. The maximum Gasteiger partial charge on any atom is 0.0442 e. The molecule has 0 amide bonds. The van der Waals surface area contributed by atoms with Gasteiger partial charge in [0.05, 0.1) is 0 Å². The van der Waals surface area contributed by atoms with Crippen molar-refractivity contribution in [3.05, 3.63) is 24.0 Å². The van der Waals surface area contributed by atoms with Crippen molar-refractivity contribution >= 4 is 5.69 Å². The number of hydrogen-bond acceptors (Lipinski definition) is 3. The molecule has 0 bridgehead atoms. The summed E-state index contributed by atoms with van der Waals surface area (Å²) in [4.78, 5) is 6.85. The lowest BCUT2D eigenvalue weighted by Crippen LogP contribution is -2.29. The molecule has 0 aliphatic rings. The van der Waals surface area contributed by atoms with Crippen molar-refractivity contribution in [2.24, 2.45) is 11.8 Å². The van der Waals surface area contributed by atoms with E-state index in [4.69, 9.17) is 0 Å². The molecule has 21 heavy (non-hydrogen) atoms. The van der Waals surface area contributed by atoms with Crippen LogP contribution in [0.5, 0.6) is 0 Å². The van der Waals surface area contributed by atoms with E-state index >= 15 is 0 Å². The molecule has 0 aromatic carbocycles. The van der Waals surface area contributed by atoms with Gasteiger partial charge in [-0.25, -0.2) is 0 Å². The number of aromatic nitrogens is 1. The topological polar surface area (TPSA) is 28.2 Å². The standard InChI is InChI=1S/C18H33N3/c1-6-19-13-17-14-20-10-7-18(17)21(11-8-15(2)3)12-9-16(4)5/h7,10,14-16,19H,6,8-9,11-13H2,1-5H3. The van der Waals surface area contributed by atoms with Gasteiger partial charge in [-0.1, -0.05) is 34.6 Å². The van der Waals surface area contributed by atoms with Crippen LogP contribution in [0, 0.1) is 11.8 Å². The molecule has 0 saturated carbocycles. The lowest BCUT2D eigenvalue weighted by molar-refractivity contribution is 0.534. The molecule has 0 atom stereocenters. The van der Waals surface area contributed by atoms with Crippen LogP contribution >= 0.6 is 0 Å². The van der Waals surface area contributed by atoms with Crippen LogP contribution in [-0.2, 0) is 6.54 Å². The van der Waals surface area contributed by atoms with E-state index in [0.717, 1.165) is 38.0 Å². The highest BCUT2D eigenvalue weighted by molar-refractivity contribution is 5.52. The number of anilines is 1. The molecular weight excluding hydrogens is 258 g/mol. The third kappa shape index (κ3) is 6.94. The van der Waals surface area contributed by atoms with Crippen LogP contribution in [0.2, 0.25) is 0 Å². The summed E-state index contributed by atoms with van der Waals surface area (Å²) >= 11 is 0. The zero-order valence-electron chi connectivity index (χ0n) is 14.5. The molecule has 1 N–H and O–H groups in total. The predicted octanol–water partition coefficient (Wildman–Crippen LogP) is 4.09. The monoisotopic (exact) mass is 291 g/mol. The third-order valence-electron chi connectivity index (χ3n) is 3.74. The average Bonchev–Trinajstić information content (AvgIpc) is 2.45. The van der Waals surface area contributed by atoms with Gasteiger partial charge in [0.1, 0.15) is 0 Å². The second-order valence-corrected chi connectivity index (χ2v) is 6.64. The summed E-state index contributed by atoms with van der Waals surface area (Å²) in [5.74, 6) is 1.48. The Balaban J connectivity index is 2.84. The Bertz CT molecular complexity index is 376. The summed E-state index contributed by atoms with van der Waals surface area (Å²) in [5.41, 5.74) is 2.67. The zero-order valence-corrected chi connectivity index (χ0v) is 14.5. The smallest absolute Gasteiger partial charge is 0.0442 e. The van der Waals surface area contributed by atoms with E-state index in [1.807, 2.05) is 12.4 Å². The van der Waals surface area contributed by atoms with Gasteiger partial charge in [0.15, 0.2) is 0 Å². The highest BCUT2D eigenvalue weighted by Gasteiger charge is 2.12. The minimum Gasteiger partial charge on any atom is -0.371 e. The quantitative estimate of drug-likeness (QED) is 0.704. The molecule has 120 valence electrons. The van der Waals surface area contributed by atoms with Gasteiger partial charge in [-0.2, -0.15) is 0 Å². The van der Waals surface area contributed by atoms with Crippen LogP contribution in [0.3, 0.4) is 0 Å². The Labute approximate surface area is 131 Å². The maximum absolute atomic E-state index is 4.30. The van der Waals surface area contributed by atoms with Crippen molar-refractivity contribution in [1.82, 2.24) is 10.3 Å². The van der Waals surface area contributed by atoms with Gasteiger partial charge in [-0.3, -0.25) is 4.98 Å². The number of hydrogen-bond donors (Lipinski definition) is 1. The first-order valence-electron chi connectivity index (χ1n) is 8.43. The molecule has 0 aliphatic carbocycles. The molecule has 1 aromatic heterocycles. The van der Waals surface area contributed by atoms with Gasteiger partial charge in [0.2, 0.25) is 0 Å². The van der Waals surface area contributed by atoms with Crippen LogP contribution in [0.4, 0.5) is 5.69 Å².